The second-order valence-corrected chi connectivity index (χ2v) is 8.90. The molecule has 1 aliphatic rings. The molecule has 1 heterocycles. The molecule has 0 aliphatic heterocycles. The topological polar surface area (TPSA) is 91.1 Å². The van der Waals surface area contributed by atoms with Gasteiger partial charge in [-0.1, -0.05) is 32.8 Å². The van der Waals surface area contributed by atoms with E-state index >= 15 is 0 Å². The number of H-pyrrole nitrogens is 1. The number of hydrogen-bond acceptors (Lipinski definition) is 3. The van der Waals surface area contributed by atoms with Crippen LogP contribution in [-0.4, -0.2) is 26.0 Å². The van der Waals surface area contributed by atoms with Gasteiger partial charge < -0.3 is 4.98 Å². The second kappa shape index (κ2) is 7.90. The average Bonchev–Trinajstić information content (AvgIpc) is 3.06. The molecule has 2 aromatic rings. The zero-order valence-electron chi connectivity index (χ0n) is 15.3. The maximum atomic E-state index is 12.2. The van der Waals surface area contributed by atoms with E-state index in [2.05, 4.69) is 34.3 Å². The first kappa shape index (κ1) is 19.1. The van der Waals surface area contributed by atoms with Crippen LogP contribution in [0.1, 0.15) is 56.6 Å². The summed E-state index contributed by atoms with van der Waals surface area (Å²) >= 11 is 0. The molecule has 3 rings (SSSR count). The van der Waals surface area contributed by atoms with Crippen molar-refractivity contribution in [1.29, 1.82) is 0 Å². The summed E-state index contributed by atoms with van der Waals surface area (Å²) in [6.45, 7) is 4.44. The van der Waals surface area contributed by atoms with Crippen molar-refractivity contribution in [2.24, 2.45) is 0 Å². The van der Waals surface area contributed by atoms with Crippen molar-refractivity contribution in [2.45, 2.75) is 57.9 Å². The third-order valence-corrected chi connectivity index (χ3v) is 6.20. The molecule has 0 atom stereocenters. The predicted molar refractivity (Wildman–Crippen MR) is 105 cm³/mol. The lowest BCUT2D eigenvalue weighted by Gasteiger charge is -2.13. The average molecular weight is 378 g/mol. The number of nitrogens with one attached hydrogen (secondary N) is 3. The molecule has 142 valence electrons. The maximum Gasteiger partial charge on any atom is 0.277 e. The van der Waals surface area contributed by atoms with E-state index in [-0.39, 0.29) is 18.1 Å². The highest BCUT2D eigenvalue weighted by atomic mass is 32.2. The van der Waals surface area contributed by atoms with Gasteiger partial charge in [0.25, 0.3) is 15.8 Å². The minimum atomic E-state index is -3.52. The molecular formula is C19H27N3O3S. The Labute approximate surface area is 154 Å². The molecule has 1 saturated carbocycles. The van der Waals surface area contributed by atoms with Gasteiger partial charge in [-0.05, 0) is 54.3 Å². The van der Waals surface area contributed by atoms with Crippen molar-refractivity contribution < 1.29 is 8.42 Å². The molecule has 1 aromatic heterocycles. The Balaban J connectivity index is 1.68. The molecule has 0 bridgehead atoms. The Hall–Kier alpha value is -1.70. The van der Waals surface area contributed by atoms with Gasteiger partial charge in [0.05, 0.1) is 0 Å². The van der Waals surface area contributed by atoms with Crippen molar-refractivity contribution in [3.05, 3.63) is 45.7 Å². The van der Waals surface area contributed by atoms with Gasteiger partial charge in [-0.15, -0.1) is 0 Å². The van der Waals surface area contributed by atoms with Crippen LogP contribution >= 0.6 is 0 Å². The molecule has 26 heavy (non-hydrogen) atoms. The number of pyridine rings is 1. The normalized spacial score (nSPS) is 16.0. The first-order chi connectivity index (χ1) is 12.3. The van der Waals surface area contributed by atoms with E-state index in [1.165, 1.54) is 5.56 Å². The number of aromatic amines is 1. The summed E-state index contributed by atoms with van der Waals surface area (Å²) < 4.78 is 29.4. The van der Waals surface area contributed by atoms with E-state index < -0.39 is 10.2 Å². The van der Waals surface area contributed by atoms with Crippen molar-refractivity contribution in [3.63, 3.8) is 0 Å². The van der Waals surface area contributed by atoms with Gasteiger partial charge in [-0.25, -0.2) is 4.72 Å². The number of hydrogen-bond donors (Lipinski definition) is 3. The van der Waals surface area contributed by atoms with Gasteiger partial charge in [-0.2, -0.15) is 13.1 Å². The molecule has 3 N–H and O–H groups in total. The third-order valence-electron chi connectivity index (χ3n) is 4.98. The van der Waals surface area contributed by atoms with Crippen molar-refractivity contribution in [3.8, 4) is 0 Å². The first-order valence-corrected chi connectivity index (χ1v) is 10.7. The van der Waals surface area contributed by atoms with Crippen molar-refractivity contribution >= 4 is 21.1 Å². The molecule has 1 fully saturated rings. The van der Waals surface area contributed by atoms with Gasteiger partial charge in [-0.3, -0.25) is 4.79 Å². The fourth-order valence-electron chi connectivity index (χ4n) is 3.44. The van der Waals surface area contributed by atoms with E-state index in [4.69, 9.17) is 0 Å². The molecule has 0 radical (unpaired) electrons. The van der Waals surface area contributed by atoms with Crippen LogP contribution in [0.2, 0.25) is 0 Å². The lowest BCUT2D eigenvalue weighted by atomic mass is 10.0. The van der Waals surface area contributed by atoms with Gasteiger partial charge >= 0.3 is 0 Å². The van der Waals surface area contributed by atoms with E-state index in [9.17, 15) is 13.2 Å². The fraction of sp³-hybridized carbons (Fsp3) is 0.526. The zero-order valence-corrected chi connectivity index (χ0v) is 16.2. The quantitative estimate of drug-likeness (QED) is 0.692. The molecule has 7 heteroatoms. The minimum Gasteiger partial charge on any atom is -0.322 e. The summed E-state index contributed by atoms with van der Waals surface area (Å²) in [5.41, 5.74) is 2.42. The maximum absolute atomic E-state index is 12.2. The van der Waals surface area contributed by atoms with Crippen LogP contribution in [0, 0.1) is 0 Å². The second-order valence-electron chi connectivity index (χ2n) is 7.37. The van der Waals surface area contributed by atoms with Crippen LogP contribution < -0.4 is 15.0 Å². The van der Waals surface area contributed by atoms with E-state index in [0.29, 0.717) is 17.9 Å². The van der Waals surface area contributed by atoms with Gasteiger partial charge in [0.1, 0.15) is 0 Å². The standard InChI is InChI=1S/C19H27N3O3S/c1-13(2)14-7-8-18-16(11-14)12-15(19(23)21-18)9-10-20-26(24,25)22-17-5-3-4-6-17/h7-8,11-13,17,20,22H,3-6,9-10H2,1-2H3,(H,21,23). The summed E-state index contributed by atoms with van der Waals surface area (Å²) in [4.78, 5) is 15.1. The van der Waals surface area contributed by atoms with Gasteiger partial charge in [0.15, 0.2) is 0 Å². The van der Waals surface area contributed by atoms with Crippen LogP contribution in [0.25, 0.3) is 10.9 Å². The smallest absolute Gasteiger partial charge is 0.277 e. The van der Waals surface area contributed by atoms with Crippen LogP contribution in [-0.2, 0) is 16.6 Å². The molecular weight excluding hydrogens is 350 g/mol. The molecule has 1 aromatic carbocycles. The Kier molecular flexibility index (Phi) is 5.79. The lowest BCUT2D eigenvalue weighted by molar-refractivity contribution is 0.539. The van der Waals surface area contributed by atoms with Gasteiger partial charge in [0, 0.05) is 23.7 Å². The summed E-state index contributed by atoms with van der Waals surface area (Å²) in [5.74, 6) is 0.406. The summed E-state index contributed by atoms with van der Waals surface area (Å²) in [7, 11) is -3.52. The van der Waals surface area contributed by atoms with Gasteiger partial charge in [0.2, 0.25) is 0 Å². The molecule has 1 aliphatic carbocycles. The summed E-state index contributed by atoms with van der Waals surface area (Å²) in [6.07, 6.45) is 4.27. The number of aromatic nitrogens is 1. The van der Waals surface area contributed by atoms with Crippen LogP contribution in [0.4, 0.5) is 0 Å². The Morgan fingerprint density at radius 2 is 1.92 bits per heavy atom. The Morgan fingerprint density at radius 3 is 2.62 bits per heavy atom. The van der Waals surface area contributed by atoms with Crippen LogP contribution in [0.15, 0.2) is 29.1 Å². The number of benzene rings is 1. The zero-order chi connectivity index (χ0) is 18.7. The van der Waals surface area contributed by atoms with Crippen LogP contribution in [0.5, 0.6) is 0 Å². The van der Waals surface area contributed by atoms with Crippen molar-refractivity contribution in [2.75, 3.05) is 6.54 Å². The largest absolute Gasteiger partial charge is 0.322 e. The number of rotatable bonds is 7. The van der Waals surface area contributed by atoms with E-state index in [1.807, 2.05) is 18.2 Å². The third kappa shape index (κ3) is 4.72. The Morgan fingerprint density at radius 1 is 1.19 bits per heavy atom. The monoisotopic (exact) mass is 377 g/mol. The van der Waals surface area contributed by atoms with Crippen molar-refractivity contribution in [1.82, 2.24) is 14.4 Å². The lowest BCUT2D eigenvalue weighted by Crippen LogP contribution is -2.42. The van der Waals surface area contributed by atoms with Crippen LogP contribution in [0.3, 0.4) is 0 Å². The Bertz CT molecular complexity index is 929. The minimum absolute atomic E-state index is 0.0334. The first-order valence-electron chi connectivity index (χ1n) is 9.27. The highest BCUT2D eigenvalue weighted by Crippen LogP contribution is 2.20. The predicted octanol–water partition coefficient (Wildman–Crippen LogP) is 2.56. The molecule has 0 saturated heterocycles. The highest BCUT2D eigenvalue weighted by molar-refractivity contribution is 7.87. The molecule has 0 unspecified atom stereocenters. The summed E-state index contributed by atoms with van der Waals surface area (Å²) in [5, 5.41) is 0.970. The highest BCUT2D eigenvalue weighted by Gasteiger charge is 2.20. The fourth-order valence-corrected chi connectivity index (χ4v) is 4.57. The molecule has 0 amide bonds. The molecule has 0 spiro atoms. The SMILES string of the molecule is CC(C)c1ccc2[nH]c(=O)c(CCNS(=O)(=O)NC3CCCC3)cc2c1. The summed E-state index contributed by atoms with van der Waals surface area (Å²) in [6, 6.07) is 7.91. The molecule has 6 nitrogen and oxygen atoms in total. The number of fused-ring (bicyclic) bond motifs is 1. The van der Waals surface area contributed by atoms with E-state index in [0.717, 1.165) is 36.6 Å². The van der Waals surface area contributed by atoms with E-state index in [1.54, 1.807) is 0 Å².